The Hall–Kier alpha value is 0.0400. The third kappa shape index (κ3) is 10.0. The number of rotatable bonds is 5. The van der Waals surface area contributed by atoms with Gasteiger partial charge in [-0.05, 0) is 13.0 Å². The highest BCUT2D eigenvalue weighted by Crippen LogP contribution is 2.17. The van der Waals surface area contributed by atoms with Crippen LogP contribution in [-0.4, -0.2) is 25.1 Å². The van der Waals surface area contributed by atoms with Crippen molar-refractivity contribution in [3.63, 3.8) is 0 Å². The minimum atomic E-state index is -4.05. The van der Waals surface area contributed by atoms with E-state index in [2.05, 4.69) is 5.32 Å². The monoisotopic (exact) mass is 189 g/mol. The molecule has 0 bridgehead atoms. The van der Waals surface area contributed by atoms with Crippen LogP contribution in [0, 0.1) is 0 Å². The van der Waals surface area contributed by atoms with Crippen LogP contribution in [0.15, 0.2) is 0 Å². The minimum Gasteiger partial charge on any atom is -0.316 e. The normalized spacial score (nSPS) is 12.0. The van der Waals surface area contributed by atoms with Gasteiger partial charge in [-0.2, -0.15) is 13.2 Å². The zero-order valence-corrected chi connectivity index (χ0v) is 6.80. The van der Waals surface area contributed by atoms with E-state index in [-0.39, 0.29) is 6.54 Å². The molecule has 0 aliphatic carbocycles. The highest BCUT2D eigenvalue weighted by molar-refractivity contribution is 6.17. The van der Waals surface area contributed by atoms with Gasteiger partial charge in [-0.3, -0.25) is 0 Å². The summed E-state index contributed by atoms with van der Waals surface area (Å²) in [4.78, 5) is 0. The second-order valence-corrected chi connectivity index (χ2v) is 2.54. The van der Waals surface area contributed by atoms with E-state index < -0.39 is 12.6 Å². The summed E-state index contributed by atoms with van der Waals surface area (Å²) in [5.41, 5.74) is 0. The van der Waals surface area contributed by atoms with Gasteiger partial charge in [-0.25, -0.2) is 0 Å². The maximum Gasteiger partial charge on any atom is 0.390 e. The Morgan fingerprint density at radius 1 is 1.18 bits per heavy atom. The highest BCUT2D eigenvalue weighted by Gasteiger charge is 2.25. The number of halogens is 4. The van der Waals surface area contributed by atoms with Crippen molar-refractivity contribution in [3.8, 4) is 0 Å². The summed E-state index contributed by atoms with van der Waals surface area (Å²) in [7, 11) is 0. The van der Waals surface area contributed by atoms with Crippen LogP contribution >= 0.6 is 11.6 Å². The van der Waals surface area contributed by atoms with Crippen molar-refractivity contribution in [1.29, 1.82) is 0 Å². The molecule has 0 radical (unpaired) electrons. The summed E-state index contributed by atoms with van der Waals surface area (Å²) in [5.74, 6) is 0.485. The van der Waals surface area contributed by atoms with Crippen molar-refractivity contribution in [2.45, 2.75) is 19.0 Å². The van der Waals surface area contributed by atoms with Crippen LogP contribution in [0.4, 0.5) is 13.2 Å². The van der Waals surface area contributed by atoms with E-state index in [9.17, 15) is 13.2 Å². The Labute approximate surface area is 68.9 Å². The number of alkyl halides is 4. The molecule has 0 spiro atoms. The Bertz CT molecular complexity index is 94.3. The fourth-order valence-corrected chi connectivity index (χ4v) is 0.681. The Balaban J connectivity index is 3.02. The Morgan fingerprint density at radius 3 is 2.27 bits per heavy atom. The first-order valence-corrected chi connectivity index (χ1v) is 3.93. The van der Waals surface area contributed by atoms with E-state index in [0.717, 1.165) is 0 Å². The standard InChI is InChI=1S/C6H11ClF3N/c7-3-1-4-11-5-2-6(8,9)10/h11H,1-5H2. The molecule has 0 atom stereocenters. The van der Waals surface area contributed by atoms with Crippen molar-refractivity contribution < 1.29 is 13.2 Å². The fraction of sp³-hybridized carbons (Fsp3) is 1.00. The van der Waals surface area contributed by atoms with Gasteiger partial charge in [0.25, 0.3) is 0 Å². The van der Waals surface area contributed by atoms with E-state index in [4.69, 9.17) is 11.6 Å². The second kappa shape index (κ2) is 5.66. The van der Waals surface area contributed by atoms with Gasteiger partial charge in [0.2, 0.25) is 0 Å². The molecule has 0 fully saturated rings. The first-order chi connectivity index (χ1) is 5.06. The molecule has 68 valence electrons. The predicted molar refractivity (Wildman–Crippen MR) is 38.9 cm³/mol. The smallest absolute Gasteiger partial charge is 0.316 e. The fourth-order valence-electron chi connectivity index (χ4n) is 0.547. The third-order valence-corrected chi connectivity index (χ3v) is 1.34. The van der Waals surface area contributed by atoms with Crippen LogP contribution in [0.1, 0.15) is 12.8 Å². The lowest BCUT2D eigenvalue weighted by atomic mass is 10.4. The van der Waals surface area contributed by atoms with E-state index in [1.165, 1.54) is 0 Å². The molecule has 0 saturated carbocycles. The third-order valence-electron chi connectivity index (χ3n) is 1.07. The molecule has 0 rings (SSSR count). The molecule has 0 aromatic carbocycles. The Morgan fingerprint density at radius 2 is 1.82 bits per heavy atom. The largest absolute Gasteiger partial charge is 0.390 e. The zero-order valence-electron chi connectivity index (χ0n) is 6.05. The van der Waals surface area contributed by atoms with Gasteiger partial charge < -0.3 is 5.32 Å². The highest BCUT2D eigenvalue weighted by atomic mass is 35.5. The quantitative estimate of drug-likeness (QED) is 0.516. The minimum absolute atomic E-state index is 0.0135. The summed E-state index contributed by atoms with van der Waals surface area (Å²) in [6.45, 7) is 0.542. The molecule has 0 aromatic rings. The summed E-state index contributed by atoms with van der Waals surface area (Å²) in [6.07, 6.45) is -4.11. The Kier molecular flexibility index (Phi) is 5.68. The van der Waals surface area contributed by atoms with Gasteiger partial charge in [0.15, 0.2) is 0 Å². The summed E-state index contributed by atoms with van der Waals surface area (Å²) in [6, 6.07) is 0. The lowest BCUT2D eigenvalue weighted by Gasteiger charge is -2.06. The summed E-state index contributed by atoms with van der Waals surface area (Å²) in [5, 5.41) is 2.64. The molecule has 1 nitrogen and oxygen atoms in total. The zero-order chi connectivity index (χ0) is 8.74. The van der Waals surface area contributed by atoms with Crippen molar-refractivity contribution in [1.82, 2.24) is 5.32 Å². The molecular weight excluding hydrogens is 179 g/mol. The van der Waals surface area contributed by atoms with Crippen LogP contribution in [0.3, 0.4) is 0 Å². The molecule has 0 saturated heterocycles. The number of nitrogens with one attached hydrogen (secondary N) is 1. The maximum atomic E-state index is 11.5. The molecule has 0 unspecified atom stereocenters. The molecule has 1 N–H and O–H groups in total. The SMILES string of the molecule is FC(F)(F)CCNCCCCl. The van der Waals surface area contributed by atoms with Crippen LogP contribution < -0.4 is 5.32 Å². The van der Waals surface area contributed by atoms with Crippen molar-refractivity contribution in [2.75, 3.05) is 19.0 Å². The molecular formula is C6H11ClF3N. The van der Waals surface area contributed by atoms with Gasteiger partial charge >= 0.3 is 6.18 Å². The second-order valence-electron chi connectivity index (χ2n) is 2.16. The first-order valence-electron chi connectivity index (χ1n) is 3.39. The van der Waals surface area contributed by atoms with Gasteiger partial charge in [-0.15, -0.1) is 11.6 Å². The van der Waals surface area contributed by atoms with Crippen LogP contribution in [0.5, 0.6) is 0 Å². The summed E-state index contributed by atoms with van der Waals surface area (Å²) >= 11 is 5.31. The van der Waals surface area contributed by atoms with Crippen molar-refractivity contribution >= 4 is 11.6 Å². The molecule has 0 aliphatic rings. The van der Waals surface area contributed by atoms with Gasteiger partial charge in [-0.1, -0.05) is 0 Å². The topological polar surface area (TPSA) is 12.0 Å². The predicted octanol–water partition coefficient (Wildman–Crippen LogP) is 2.16. The average molecular weight is 190 g/mol. The van der Waals surface area contributed by atoms with E-state index in [1.807, 2.05) is 0 Å². The molecule has 0 aromatic heterocycles. The van der Waals surface area contributed by atoms with E-state index in [0.29, 0.717) is 18.8 Å². The van der Waals surface area contributed by atoms with Gasteiger partial charge in [0.1, 0.15) is 0 Å². The first kappa shape index (κ1) is 11.0. The lowest BCUT2D eigenvalue weighted by molar-refractivity contribution is -0.133. The summed E-state index contributed by atoms with van der Waals surface area (Å²) < 4.78 is 34.5. The van der Waals surface area contributed by atoms with E-state index >= 15 is 0 Å². The molecule has 5 heteroatoms. The lowest BCUT2D eigenvalue weighted by Crippen LogP contribution is -2.22. The molecule has 0 aliphatic heterocycles. The number of hydrogen-bond acceptors (Lipinski definition) is 1. The average Bonchev–Trinajstić information content (AvgIpc) is 1.85. The van der Waals surface area contributed by atoms with Crippen LogP contribution in [-0.2, 0) is 0 Å². The van der Waals surface area contributed by atoms with Gasteiger partial charge in [0.05, 0.1) is 6.42 Å². The van der Waals surface area contributed by atoms with Crippen molar-refractivity contribution in [3.05, 3.63) is 0 Å². The van der Waals surface area contributed by atoms with Gasteiger partial charge in [0, 0.05) is 12.4 Å². The molecule has 11 heavy (non-hydrogen) atoms. The van der Waals surface area contributed by atoms with E-state index in [1.54, 1.807) is 0 Å². The molecule has 0 amide bonds. The van der Waals surface area contributed by atoms with Crippen LogP contribution in [0.2, 0.25) is 0 Å². The number of hydrogen-bond donors (Lipinski definition) is 1. The van der Waals surface area contributed by atoms with Crippen molar-refractivity contribution in [2.24, 2.45) is 0 Å². The van der Waals surface area contributed by atoms with Crippen LogP contribution in [0.25, 0.3) is 0 Å². The molecule has 0 heterocycles. The maximum absolute atomic E-state index is 11.5.